The molecule has 1 amide bonds. The van der Waals surface area contributed by atoms with Crippen LogP contribution in [-0.2, 0) is 24.1 Å². The SMILES string of the molecule is Cc1nnc(SCC(=O)NCCc2nc3c(s2)CCCC3)o1. The Hall–Kier alpha value is -1.41. The van der Waals surface area contributed by atoms with E-state index < -0.39 is 0 Å². The zero-order chi connectivity index (χ0) is 15.4. The summed E-state index contributed by atoms with van der Waals surface area (Å²) in [5.41, 5.74) is 1.28. The van der Waals surface area contributed by atoms with Crippen LogP contribution in [0.1, 0.15) is 34.3 Å². The van der Waals surface area contributed by atoms with Crippen LogP contribution in [0.15, 0.2) is 9.64 Å². The highest BCUT2D eigenvalue weighted by Crippen LogP contribution is 2.26. The van der Waals surface area contributed by atoms with Gasteiger partial charge in [-0.1, -0.05) is 11.8 Å². The highest BCUT2D eigenvalue weighted by Gasteiger charge is 2.15. The minimum atomic E-state index is -0.0258. The third kappa shape index (κ3) is 4.07. The fourth-order valence-corrected chi connectivity index (χ4v) is 4.13. The molecule has 3 rings (SSSR count). The number of fused-ring (bicyclic) bond motifs is 1. The predicted octanol–water partition coefficient (Wildman–Crippen LogP) is 2.16. The molecule has 2 heterocycles. The van der Waals surface area contributed by atoms with Crippen LogP contribution in [0.25, 0.3) is 0 Å². The lowest BCUT2D eigenvalue weighted by molar-refractivity contribution is -0.118. The van der Waals surface area contributed by atoms with Gasteiger partial charge in [0.25, 0.3) is 5.22 Å². The third-order valence-corrected chi connectivity index (χ3v) is 5.42. The van der Waals surface area contributed by atoms with Gasteiger partial charge in [0.2, 0.25) is 11.8 Å². The number of carbonyl (C=O) groups is 1. The molecule has 1 aliphatic rings. The molecule has 2 aromatic rings. The van der Waals surface area contributed by atoms with Crippen molar-refractivity contribution >= 4 is 29.0 Å². The van der Waals surface area contributed by atoms with Gasteiger partial charge in [0.05, 0.1) is 16.5 Å². The van der Waals surface area contributed by atoms with E-state index in [0.717, 1.165) is 17.8 Å². The van der Waals surface area contributed by atoms with Crippen LogP contribution in [0.5, 0.6) is 0 Å². The number of nitrogens with zero attached hydrogens (tertiary/aromatic N) is 3. The first-order chi connectivity index (χ1) is 10.7. The van der Waals surface area contributed by atoms with E-state index in [2.05, 4.69) is 20.5 Å². The van der Waals surface area contributed by atoms with Crippen molar-refractivity contribution in [3.63, 3.8) is 0 Å². The summed E-state index contributed by atoms with van der Waals surface area (Å²) in [7, 11) is 0. The van der Waals surface area contributed by atoms with Gasteiger partial charge >= 0.3 is 0 Å². The molecule has 1 aliphatic carbocycles. The molecule has 8 heteroatoms. The van der Waals surface area contributed by atoms with Crippen molar-refractivity contribution < 1.29 is 9.21 Å². The average Bonchev–Trinajstić information content (AvgIpc) is 3.10. The van der Waals surface area contributed by atoms with Crippen molar-refractivity contribution in [2.45, 2.75) is 44.3 Å². The van der Waals surface area contributed by atoms with Gasteiger partial charge in [0.1, 0.15) is 0 Å². The monoisotopic (exact) mass is 338 g/mol. The second kappa shape index (κ2) is 7.23. The van der Waals surface area contributed by atoms with Crippen molar-refractivity contribution in [2.24, 2.45) is 0 Å². The highest BCUT2D eigenvalue weighted by atomic mass is 32.2. The van der Waals surface area contributed by atoms with E-state index in [1.54, 1.807) is 18.3 Å². The summed E-state index contributed by atoms with van der Waals surface area (Å²) in [4.78, 5) is 17.9. The Morgan fingerprint density at radius 2 is 2.23 bits per heavy atom. The first-order valence-corrected chi connectivity index (χ1v) is 9.18. The molecule has 0 atom stereocenters. The smallest absolute Gasteiger partial charge is 0.277 e. The first-order valence-electron chi connectivity index (χ1n) is 7.38. The number of thioether (sulfide) groups is 1. The fraction of sp³-hybridized carbons (Fsp3) is 0.571. The fourth-order valence-electron chi connectivity index (χ4n) is 2.34. The molecule has 0 aliphatic heterocycles. The van der Waals surface area contributed by atoms with Crippen molar-refractivity contribution in [1.29, 1.82) is 0 Å². The van der Waals surface area contributed by atoms with Crippen LogP contribution in [0, 0.1) is 6.92 Å². The van der Waals surface area contributed by atoms with E-state index in [-0.39, 0.29) is 11.7 Å². The zero-order valence-corrected chi connectivity index (χ0v) is 14.1. The molecule has 0 radical (unpaired) electrons. The van der Waals surface area contributed by atoms with Crippen molar-refractivity contribution in [1.82, 2.24) is 20.5 Å². The van der Waals surface area contributed by atoms with Crippen LogP contribution >= 0.6 is 23.1 Å². The molecule has 0 aromatic carbocycles. The maximum Gasteiger partial charge on any atom is 0.277 e. The van der Waals surface area contributed by atoms with Crippen LogP contribution < -0.4 is 5.32 Å². The molecule has 0 spiro atoms. The van der Waals surface area contributed by atoms with Crippen LogP contribution in [0.4, 0.5) is 0 Å². The van der Waals surface area contributed by atoms with Crippen LogP contribution in [0.2, 0.25) is 0 Å². The Balaban J connectivity index is 1.39. The summed E-state index contributed by atoms with van der Waals surface area (Å²) in [6, 6.07) is 0. The van der Waals surface area contributed by atoms with Gasteiger partial charge in [-0.3, -0.25) is 4.79 Å². The molecule has 0 bridgehead atoms. The van der Waals surface area contributed by atoms with Crippen molar-refractivity contribution in [3.05, 3.63) is 21.5 Å². The van der Waals surface area contributed by atoms with Gasteiger partial charge in [-0.15, -0.1) is 21.5 Å². The molecule has 22 heavy (non-hydrogen) atoms. The lowest BCUT2D eigenvalue weighted by Gasteiger charge is -2.06. The van der Waals surface area contributed by atoms with Gasteiger partial charge in [-0.2, -0.15) is 0 Å². The van der Waals surface area contributed by atoms with Gasteiger partial charge in [0.15, 0.2) is 0 Å². The lowest BCUT2D eigenvalue weighted by atomic mass is 10.0. The van der Waals surface area contributed by atoms with E-state index in [4.69, 9.17) is 4.42 Å². The first kappa shape index (κ1) is 15.5. The molecule has 118 valence electrons. The summed E-state index contributed by atoms with van der Waals surface area (Å²) in [6.45, 7) is 2.35. The van der Waals surface area contributed by atoms with Crippen molar-refractivity contribution in [2.75, 3.05) is 12.3 Å². The second-order valence-electron chi connectivity index (χ2n) is 5.16. The topological polar surface area (TPSA) is 80.9 Å². The van der Waals surface area contributed by atoms with E-state index >= 15 is 0 Å². The molecule has 0 saturated carbocycles. The molecule has 2 aromatic heterocycles. The molecular weight excluding hydrogens is 320 g/mol. The molecule has 0 unspecified atom stereocenters. The minimum Gasteiger partial charge on any atom is -0.416 e. The number of aromatic nitrogens is 3. The molecule has 0 fully saturated rings. The van der Waals surface area contributed by atoms with Gasteiger partial charge in [-0.25, -0.2) is 4.98 Å². The summed E-state index contributed by atoms with van der Waals surface area (Å²) in [6.07, 6.45) is 5.60. The van der Waals surface area contributed by atoms with Gasteiger partial charge in [-0.05, 0) is 25.7 Å². The Morgan fingerprint density at radius 3 is 3.00 bits per heavy atom. The number of rotatable bonds is 6. The summed E-state index contributed by atoms with van der Waals surface area (Å²) >= 11 is 3.05. The zero-order valence-electron chi connectivity index (χ0n) is 12.4. The van der Waals surface area contributed by atoms with E-state index in [0.29, 0.717) is 17.7 Å². The van der Waals surface area contributed by atoms with E-state index in [9.17, 15) is 4.79 Å². The number of carbonyl (C=O) groups excluding carboxylic acids is 1. The third-order valence-electron chi connectivity index (χ3n) is 3.39. The molecule has 0 saturated heterocycles. The second-order valence-corrected chi connectivity index (χ2v) is 7.25. The number of hydrogen-bond donors (Lipinski definition) is 1. The lowest BCUT2D eigenvalue weighted by Crippen LogP contribution is -2.27. The van der Waals surface area contributed by atoms with Crippen LogP contribution in [-0.4, -0.2) is 33.4 Å². The molecular formula is C14H18N4O2S2. The number of hydrogen-bond acceptors (Lipinski definition) is 7. The standard InChI is InChI=1S/C14H18N4O2S2/c1-9-17-18-14(20-9)21-8-12(19)15-7-6-13-16-10-4-2-3-5-11(10)22-13/h2-8H2,1H3,(H,15,19). The van der Waals surface area contributed by atoms with Crippen LogP contribution in [0.3, 0.4) is 0 Å². The Labute approximate surface area is 137 Å². The minimum absolute atomic E-state index is 0.0258. The molecule has 1 N–H and O–H groups in total. The number of thiazole rings is 1. The van der Waals surface area contributed by atoms with E-state index in [1.165, 1.54) is 41.6 Å². The highest BCUT2D eigenvalue weighted by molar-refractivity contribution is 7.99. The number of aryl methyl sites for hydroxylation is 3. The predicted molar refractivity (Wildman–Crippen MR) is 85.2 cm³/mol. The number of amides is 1. The number of nitrogens with one attached hydrogen (secondary N) is 1. The summed E-state index contributed by atoms with van der Waals surface area (Å²) in [5, 5.41) is 12.0. The Bertz CT molecular complexity index is 630. The average molecular weight is 338 g/mol. The Morgan fingerprint density at radius 1 is 1.36 bits per heavy atom. The van der Waals surface area contributed by atoms with Gasteiger partial charge in [0, 0.05) is 24.8 Å². The summed E-state index contributed by atoms with van der Waals surface area (Å²) < 4.78 is 5.21. The maximum atomic E-state index is 11.8. The Kier molecular flexibility index (Phi) is 5.09. The summed E-state index contributed by atoms with van der Waals surface area (Å²) in [5.74, 6) is 0.772. The van der Waals surface area contributed by atoms with Crippen molar-refractivity contribution in [3.8, 4) is 0 Å². The molecule has 6 nitrogen and oxygen atoms in total. The largest absolute Gasteiger partial charge is 0.416 e. The normalized spacial score (nSPS) is 13.9. The maximum absolute atomic E-state index is 11.8. The van der Waals surface area contributed by atoms with Gasteiger partial charge < -0.3 is 9.73 Å². The van der Waals surface area contributed by atoms with E-state index in [1.807, 2.05) is 0 Å². The quantitative estimate of drug-likeness (QED) is 0.813.